The third-order valence-electron chi connectivity index (χ3n) is 5.48. The Morgan fingerprint density at radius 1 is 0.400 bits per heavy atom. The fraction of sp³-hybridized carbons (Fsp3) is 0. The summed E-state index contributed by atoms with van der Waals surface area (Å²) in [4.78, 5) is 28.6. The number of hydrogen-bond acceptors (Lipinski definition) is 15. The highest BCUT2D eigenvalue weighted by Gasteiger charge is 2.25. The first kappa shape index (κ1) is 32.2. The second-order valence-electron chi connectivity index (χ2n) is 8.51. The second-order valence-corrected chi connectivity index (χ2v) is 13.1. The molecule has 0 saturated heterocycles. The highest BCUT2D eigenvalue weighted by molar-refractivity contribution is 7.87. The zero-order chi connectivity index (χ0) is 33.2. The molecule has 0 aromatic heterocycles. The van der Waals surface area contributed by atoms with Crippen molar-refractivity contribution < 1.29 is 52.6 Å². The van der Waals surface area contributed by atoms with Gasteiger partial charge in [0, 0.05) is 54.6 Å². The van der Waals surface area contributed by atoms with Gasteiger partial charge in [-0.3, -0.25) is 30.3 Å². The zero-order valence-corrected chi connectivity index (χ0v) is 24.3. The van der Waals surface area contributed by atoms with Gasteiger partial charge in [0.1, 0.15) is 31.9 Å². The highest BCUT2D eigenvalue weighted by atomic mass is 32.2. The number of benzene rings is 4. The van der Waals surface area contributed by atoms with Crippen molar-refractivity contribution in [2.45, 2.75) is 14.7 Å². The Morgan fingerprint density at radius 2 is 0.600 bits per heavy atom. The molecule has 0 bridgehead atoms. The van der Waals surface area contributed by atoms with Gasteiger partial charge in [-0.15, -0.1) is 0 Å². The first-order chi connectivity index (χ1) is 21.0. The van der Waals surface area contributed by atoms with E-state index in [1.54, 1.807) is 0 Å². The first-order valence-electron chi connectivity index (χ1n) is 11.7. The van der Waals surface area contributed by atoms with E-state index in [1.807, 2.05) is 0 Å². The Labute approximate surface area is 252 Å². The quantitative estimate of drug-likeness (QED) is 0.117. The normalized spacial score (nSPS) is 11.7. The van der Waals surface area contributed by atoms with Gasteiger partial charge in [0.25, 0.3) is 17.1 Å². The summed E-state index contributed by atoms with van der Waals surface area (Å²) in [5.74, 6) is -2.21. The van der Waals surface area contributed by atoms with Gasteiger partial charge in [0.05, 0.1) is 14.8 Å². The molecule has 0 aliphatic heterocycles. The maximum atomic E-state index is 12.9. The number of nitro groups is 3. The molecule has 4 aromatic rings. The summed E-state index contributed by atoms with van der Waals surface area (Å²) in [5.41, 5.74) is -1.31. The van der Waals surface area contributed by atoms with Crippen molar-refractivity contribution in [2.75, 3.05) is 0 Å². The van der Waals surface area contributed by atoms with Gasteiger partial charge in [-0.1, -0.05) is 0 Å². The Balaban J connectivity index is 1.73. The third kappa shape index (κ3) is 7.65. The maximum absolute atomic E-state index is 12.9. The number of non-ortho nitro benzene ring substituents is 3. The molecule has 0 spiro atoms. The second kappa shape index (κ2) is 12.1. The van der Waals surface area contributed by atoms with E-state index in [1.165, 1.54) is 0 Å². The molecule has 0 aliphatic carbocycles. The maximum Gasteiger partial charge on any atom is 0.339 e. The van der Waals surface area contributed by atoms with Crippen LogP contribution in [0.3, 0.4) is 0 Å². The van der Waals surface area contributed by atoms with Crippen molar-refractivity contribution in [2.24, 2.45) is 0 Å². The van der Waals surface area contributed by atoms with Crippen LogP contribution in [0.5, 0.6) is 17.2 Å². The number of nitro benzene ring substituents is 3. The van der Waals surface area contributed by atoms with E-state index in [-0.39, 0.29) is 0 Å². The lowest BCUT2D eigenvalue weighted by Gasteiger charge is -2.13. The van der Waals surface area contributed by atoms with Crippen LogP contribution in [0.1, 0.15) is 0 Å². The van der Waals surface area contributed by atoms with E-state index in [0.29, 0.717) is 0 Å². The van der Waals surface area contributed by atoms with Crippen molar-refractivity contribution in [3.05, 3.63) is 121 Å². The van der Waals surface area contributed by atoms with Crippen molar-refractivity contribution >= 4 is 47.4 Å². The smallest absolute Gasteiger partial charge is 0.339 e. The average Bonchev–Trinajstić information content (AvgIpc) is 2.96. The van der Waals surface area contributed by atoms with Crippen molar-refractivity contribution in [1.29, 1.82) is 0 Å². The SMILES string of the molecule is O=[N+]([O-])c1ccc(S(=O)(=O)Oc2cc(OS(=O)(=O)c3ccc([N+](=O)[O-])cc3)cc(OS(=O)(=O)c3ccc([N+](=O)[O-])cc3)c2)cc1. The molecule has 0 N–H and O–H groups in total. The molecule has 0 heterocycles. The molecule has 0 unspecified atom stereocenters. The molecular formula is C24H15N3O15S3. The summed E-state index contributed by atoms with van der Waals surface area (Å²) in [6.07, 6.45) is 0. The highest BCUT2D eigenvalue weighted by Crippen LogP contribution is 2.34. The molecule has 0 fully saturated rings. The summed E-state index contributed by atoms with van der Waals surface area (Å²) in [6, 6.07) is 12.5. The van der Waals surface area contributed by atoms with Crippen molar-refractivity contribution in [3.63, 3.8) is 0 Å². The molecule has 234 valence electrons. The first-order valence-corrected chi connectivity index (χ1v) is 15.9. The Kier molecular flexibility index (Phi) is 8.70. The topological polar surface area (TPSA) is 260 Å². The molecule has 4 aromatic carbocycles. The standard InChI is InChI=1S/C24H15N3O15S3/c28-25(29)16-1-7-22(8-2-16)43(34,35)40-19-13-20(41-44(36,37)23-9-3-17(4-10-23)26(30)31)15-21(14-19)42-45(38,39)24-11-5-18(6-12-24)27(32)33/h1-15H. The van der Waals surface area contributed by atoms with Gasteiger partial charge in [0.2, 0.25) is 0 Å². The summed E-state index contributed by atoms with van der Waals surface area (Å²) >= 11 is 0. The number of hydrogen-bond donors (Lipinski definition) is 0. The fourth-order valence-electron chi connectivity index (χ4n) is 3.42. The largest absolute Gasteiger partial charge is 0.379 e. The van der Waals surface area contributed by atoms with Crippen LogP contribution in [0.15, 0.2) is 106 Å². The molecular weight excluding hydrogens is 666 g/mol. The van der Waals surface area contributed by atoms with E-state index < -0.39 is 94.1 Å². The summed E-state index contributed by atoms with van der Waals surface area (Å²) in [7, 11) is -14.3. The number of nitrogens with zero attached hydrogens (tertiary/aromatic N) is 3. The van der Waals surface area contributed by atoms with Gasteiger partial charge in [-0.25, -0.2) is 0 Å². The van der Waals surface area contributed by atoms with Crippen molar-refractivity contribution in [1.82, 2.24) is 0 Å². The van der Waals surface area contributed by atoms with Gasteiger partial charge in [0.15, 0.2) is 0 Å². The molecule has 0 amide bonds. The number of rotatable bonds is 12. The molecule has 21 heteroatoms. The monoisotopic (exact) mass is 681 g/mol. The van der Waals surface area contributed by atoms with Crippen molar-refractivity contribution in [3.8, 4) is 17.2 Å². The Hall–Kier alpha value is -5.67. The van der Waals surface area contributed by atoms with Crippen LogP contribution in [0, 0.1) is 30.3 Å². The van der Waals surface area contributed by atoms with E-state index in [9.17, 15) is 55.6 Å². The fourth-order valence-corrected chi connectivity index (χ4v) is 6.16. The summed E-state index contributed by atoms with van der Waals surface area (Å²) in [5, 5.41) is 32.7. The van der Waals surface area contributed by atoms with Crippen LogP contribution >= 0.6 is 0 Å². The summed E-state index contributed by atoms with van der Waals surface area (Å²) < 4.78 is 92.2. The van der Waals surface area contributed by atoms with E-state index >= 15 is 0 Å². The van der Waals surface area contributed by atoms with E-state index in [4.69, 9.17) is 12.5 Å². The molecule has 45 heavy (non-hydrogen) atoms. The van der Waals surface area contributed by atoms with Crippen LogP contribution in [0.4, 0.5) is 17.1 Å². The molecule has 4 rings (SSSR count). The predicted molar refractivity (Wildman–Crippen MR) is 149 cm³/mol. The third-order valence-corrected chi connectivity index (χ3v) is 9.26. The molecule has 0 saturated carbocycles. The van der Waals surface area contributed by atoms with Crippen LogP contribution in [-0.2, 0) is 30.4 Å². The Bertz CT molecular complexity index is 1880. The van der Waals surface area contributed by atoms with E-state index in [0.717, 1.165) is 91.0 Å². The van der Waals surface area contributed by atoms with Gasteiger partial charge < -0.3 is 12.5 Å². The lowest BCUT2D eigenvalue weighted by molar-refractivity contribution is -0.385. The van der Waals surface area contributed by atoms with E-state index in [2.05, 4.69) is 0 Å². The van der Waals surface area contributed by atoms with Gasteiger partial charge in [-0.05, 0) is 36.4 Å². The minimum Gasteiger partial charge on any atom is -0.379 e. The Morgan fingerprint density at radius 3 is 0.778 bits per heavy atom. The predicted octanol–water partition coefficient (Wildman–Crippen LogP) is 3.71. The average molecular weight is 682 g/mol. The zero-order valence-electron chi connectivity index (χ0n) is 21.9. The summed E-state index contributed by atoms with van der Waals surface area (Å²) in [6.45, 7) is 0. The lowest BCUT2D eigenvalue weighted by atomic mass is 10.3. The molecule has 0 atom stereocenters. The van der Waals surface area contributed by atoms with Crippen LogP contribution in [0.2, 0.25) is 0 Å². The lowest BCUT2D eigenvalue weighted by Crippen LogP contribution is -2.13. The van der Waals surface area contributed by atoms with Crippen LogP contribution in [0.25, 0.3) is 0 Å². The molecule has 0 radical (unpaired) electrons. The van der Waals surface area contributed by atoms with Crippen LogP contribution in [-0.4, -0.2) is 40.0 Å². The molecule has 0 aliphatic rings. The minimum atomic E-state index is -4.77. The van der Waals surface area contributed by atoms with Gasteiger partial charge >= 0.3 is 30.4 Å². The van der Waals surface area contributed by atoms with Crippen LogP contribution < -0.4 is 12.5 Å². The minimum absolute atomic E-state index is 0.437. The van der Waals surface area contributed by atoms with Gasteiger partial charge in [-0.2, -0.15) is 25.3 Å². The molecule has 18 nitrogen and oxygen atoms in total.